The molecule has 0 aromatic carbocycles. The van der Waals surface area contributed by atoms with Crippen molar-refractivity contribution in [1.29, 1.82) is 0 Å². The molecule has 1 aromatic rings. The molecule has 0 radical (unpaired) electrons. The van der Waals surface area contributed by atoms with Crippen LogP contribution in [-0.4, -0.2) is 23.2 Å². The van der Waals surface area contributed by atoms with Crippen molar-refractivity contribution < 1.29 is 9.47 Å². The van der Waals surface area contributed by atoms with Crippen molar-refractivity contribution in [3.63, 3.8) is 0 Å². The zero-order chi connectivity index (χ0) is 10.8. The highest BCUT2D eigenvalue weighted by Gasteiger charge is 2.23. The van der Waals surface area contributed by atoms with Gasteiger partial charge in [-0.1, -0.05) is 6.92 Å². The summed E-state index contributed by atoms with van der Waals surface area (Å²) >= 11 is 0. The number of aryl methyl sites for hydroxylation is 3. The van der Waals surface area contributed by atoms with Gasteiger partial charge in [-0.05, 0) is 20.3 Å². The van der Waals surface area contributed by atoms with Gasteiger partial charge in [0.25, 0.3) is 0 Å². The van der Waals surface area contributed by atoms with Crippen LogP contribution in [-0.2, 0) is 15.9 Å². The van der Waals surface area contributed by atoms with Crippen LogP contribution >= 0.6 is 0 Å². The van der Waals surface area contributed by atoms with E-state index in [9.17, 15) is 0 Å². The standard InChI is InChI=1S/C11H16N2O2/c1-4-9-7(2)13-10(8(3)12-9)11-14-5-6-15-11/h11H,4-6H2,1-3H3. The van der Waals surface area contributed by atoms with Gasteiger partial charge in [0.15, 0.2) is 0 Å². The third kappa shape index (κ3) is 2.01. The molecule has 0 bridgehead atoms. The topological polar surface area (TPSA) is 44.2 Å². The summed E-state index contributed by atoms with van der Waals surface area (Å²) in [7, 11) is 0. The Morgan fingerprint density at radius 3 is 2.40 bits per heavy atom. The summed E-state index contributed by atoms with van der Waals surface area (Å²) in [6.45, 7) is 7.29. The molecule has 1 aliphatic rings. The first-order valence-electron chi connectivity index (χ1n) is 5.29. The molecule has 2 rings (SSSR count). The molecule has 1 saturated heterocycles. The second-order valence-corrected chi connectivity index (χ2v) is 3.65. The minimum absolute atomic E-state index is 0.317. The van der Waals surface area contributed by atoms with E-state index in [1.165, 1.54) is 0 Å². The minimum Gasteiger partial charge on any atom is -0.345 e. The number of nitrogens with zero attached hydrogens (tertiary/aromatic N) is 2. The fourth-order valence-electron chi connectivity index (χ4n) is 1.74. The van der Waals surface area contributed by atoms with Crippen LogP contribution in [0.1, 0.15) is 36.0 Å². The quantitative estimate of drug-likeness (QED) is 0.742. The Labute approximate surface area is 89.6 Å². The van der Waals surface area contributed by atoms with E-state index >= 15 is 0 Å². The Morgan fingerprint density at radius 2 is 1.80 bits per heavy atom. The van der Waals surface area contributed by atoms with Crippen molar-refractivity contribution in [3.8, 4) is 0 Å². The summed E-state index contributed by atoms with van der Waals surface area (Å²) in [5.41, 5.74) is 3.75. The monoisotopic (exact) mass is 208 g/mol. The first kappa shape index (κ1) is 10.5. The van der Waals surface area contributed by atoms with Crippen molar-refractivity contribution in [2.24, 2.45) is 0 Å². The summed E-state index contributed by atoms with van der Waals surface area (Å²) < 4.78 is 10.8. The summed E-state index contributed by atoms with van der Waals surface area (Å²) in [6, 6.07) is 0. The molecule has 1 fully saturated rings. The molecule has 2 heterocycles. The van der Waals surface area contributed by atoms with E-state index in [2.05, 4.69) is 16.9 Å². The molecule has 0 spiro atoms. The van der Waals surface area contributed by atoms with Crippen LogP contribution in [0.15, 0.2) is 0 Å². The summed E-state index contributed by atoms with van der Waals surface area (Å²) in [4.78, 5) is 9.03. The molecular weight excluding hydrogens is 192 g/mol. The van der Waals surface area contributed by atoms with Gasteiger partial charge in [0.2, 0.25) is 6.29 Å². The lowest BCUT2D eigenvalue weighted by Crippen LogP contribution is -2.09. The van der Waals surface area contributed by atoms with Gasteiger partial charge in [-0.3, -0.25) is 4.98 Å². The van der Waals surface area contributed by atoms with Crippen LogP contribution in [0.5, 0.6) is 0 Å². The van der Waals surface area contributed by atoms with Gasteiger partial charge >= 0.3 is 0 Å². The largest absolute Gasteiger partial charge is 0.345 e. The molecule has 0 atom stereocenters. The highest BCUT2D eigenvalue weighted by Crippen LogP contribution is 2.24. The van der Waals surface area contributed by atoms with Gasteiger partial charge in [-0.2, -0.15) is 0 Å². The predicted molar refractivity (Wildman–Crippen MR) is 55.5 cm³/mol. The van der Waals surface area contributed by atoms with Crippen LogP contribution < -0.4 is 0 Å². The Kier molecular flexibility index (Phi) is 2.98. The molecule has 0 saturated carbocycles. The van der Waals surface area contributed by atoms with Gasteiger partial charge in [0.1, 0.15) is 5.69 Å². The second kappa shape index (κ2) is 4.24. The fourth-order valence-corrected chi connectivity index (χ4v) is 1.74. The van der Waals surface area contributed by atoms with E-state index < -0.39 is 0 Å². The van der Waals surface area contributed by atoms with Crippen molar-refractivity contribution in [1.82, 2.24) is 9.97 Å². The van der Waals surface area contributed by atoms with Gasteiger partial charge < -0.3 is 9.47 Å². The van der Waals surface area contributed by atoms with Crippen molar-refractivity contribution in [2.45, 2.75) is 33.5 Å². The maximum Gasteiger partial charge on any atom is 0.203 e. The number of hydrogen-bond acceptors (Lipinski definition) is 4. The molecule has 82 valence electrons. The van der Waals surface area contributed by atoms with Crippen LogP contribution in [0.4, 0.5) is 0 Å². The van der Waals surface area contributed by atoms with Crippen molar-refractivity contribution in [3.05, 3.63) is 22.8 Å². The minimum atomic E-state index is -0.317. The normalized spacial score (nSPS) is 17.3. The molecule has 4 heteroatoms. The summed E-state index contributed by atoms with van der Waals surface area (Å²) in [6.07, 6.45) is 0.592. The molecule has 1 aromatic heterocycles. The number of hydrogen-bond donors (Lipinski definition) is 0. The summed E-state index contributed by atoms with van der Waals surface area (Å²) in [5, 5.41) is 0. The van der Waals surface area contributed by atoms with Gasteiger partial charge in [-0.25, -0.2) is 4.98 Å². The van der Waals surface area contributed by atoms with Crippen LogP contribution in [0.3, 0.4) is 0 Å². The molecule has 1 aliphatic heterocycles. The van der Waals surface area contributed by atoms with Gasteiger partial charge in [-0.15, -0.1) is 0 Å². The van der Waals surface area contributed by atoms with E-state index in [1.54, 1.807) is 0 Å². The Morgan fingerprint density at radius 1 is 1.13 bits per heavy atom. The van der Waals surface area contributed by atoms with E-state index in [1.807, 2.05) is 13.8 Å². The zero-order valence-electron chi connectivity index (χ0n) is 9.41. The number of rotatable bonds is 2. The average molecular weight is 208 g/mol. The van der Waals surface area contributed by atoms with E-state index in [4.69, 9.17) is 9.47 Å². The summed E-state index contributed by atoms with van der Waals surface area (Å²) in [5.74, 6) is 0. The highest BCUT2D eigenvalue weighted by molar-refractivity contribution is 5.20. The van der Waals surface area contributed by atoms with Crippen LogP contribution in [0, 0.1) is 13.8 Å². The van der Waals surface area contributed by atoms with E-state index in [0.29, 0.717) is 13.2 Å². The maximum absolute atomic E-state index is 5.42. The van der Waals surface area contributed by atoms with Crippen molar-refractivity contribution in [2.75, 3.05) is 13.2 Å². The lowest BCUT2D eigenvalue weighted by molar-refractivity contribution is -0.0481. The Bertz CT molecular complexity index is 360. The average Bonchev–Trinajstić information content (AvgIpc) is 2.74. The second-order valence-electron chi connectivity index (χ2n) is 3.65. The lowest BCUT2D eigenvalue weighted by Gasteiger charge is -2.13. The fraction of sp³-hybridized carbons (Fsp3) is 0.636. The Hall–Kier alpha value is -1.00. The predicted octanol–water partition coefficient (Wildman–Crippen LogP) is 1.70. The number of ether oxygens (including phenoxy) is 2. The van der Waals surface area contributed by atoms with E-state index in [-0.39, 0.29) is 6.29 Å². The molecule has 0 N–H and O–H groups in total. The maximum atomic E-state index is 5.42. The van der Waals surface area contributed by atoms with Crippen LogP contribution in [0.2, 0.25) is 0 Å². The zero-order valence-corrected chi connectivity index (χ0v) is 9.41. The van der Waals surface area contributed by atoms with E-state index in [0.717, 1.165) is 29.2 Å². The first-order chi connectivity index (χ1) is 7.22. The molecule has 0 aliphatic carbocycles. The molecule has 15 heavy (non-hydrogen) atoms. The molecular formula is C11H16N2O2. The molecule has 0 amide bonds. The Balaban J connectivity index is 2.35. The third-order valence-corrected chi connectivity index (χ3v) is 2.56. The smallest absolute Gasteiger partial charge is 0.203 e. The van der Waals surface area contributed by atoms with Gasteiger partial charge in [0.05, 0.1) is 30.3 Å². The lowest BCUT2D eigenvalue weighted by atomic mass is 10.2. The van der Waals surface area contributed by atoms with Crippen LogP contribution in [0.25, 0.3) is 0 Å². The highest BCUT2D eigenvalue weighted by atomic mass is 16.7. The van der Waals surface area contributed by atoms with Gasteiger partial charge in [0, 0.05) is 0 Å². The first-order valence-corrected chi connectivity index (χ1v) is 5.29. The third-order valence-electron chi connectivity index (χ3n) is 2.56. The SMILES string of the molecule is CCc1nc(C)c(C2OCCO2)nc1C. The number of aromatic nitrogens is 2. The van der Waals surface area contributed by atoms with Crippen molar-refractivity contribution >= 4 is 0 Å². The molecule has 0 unspecified atom stereocenters. The molecule has 4 nitrogen and oxygen atoms in total.